The van der Waals surface area contributed by atoms with Gasteiger partial charge in [0.25, 0.3) is 5.56 Å². The quantitative estimate of drug-likeness (QED) is 0.585. The number of benzene rings is 1. The van der Waals surface area contributed by atoms with E-state index in [2.05, 4.69) is 4.98 Å². The molecule has 0 amide bonds. The normalized spacial score (nSPS) is 12.9. The van der Waals surface area contributed by atoms with Crippen LogP contribution in [-0.2, 0) is 11.1 Å². The van der Waals surface area contributed by atoms with E-state index in [1.54, 1.807) is 0 Å². The highest BCUT2D eigenvalue weighted by atomic mass is 32.2. The summed E-state index contributed by atoms with van der Waals surface area (Å²) in [6.45, 7) is 0. The topological polar surface area (TPSA) is 103 Å². The van der Waals surface area contributed by atoms with Crippen molar-refractivity contribution in [1.82, 2.24) is 9.97 Å². The molecule has 2 rings (SSSR count). The van der Waals surface area contributed by atoms with Crippen LogP contribution in [0.3, 0.4) is 0 Å². The zero-order chi connectivity index (χ0) is 11.0. The minimum absolute atomic E-state index is 0.111. The first-order chi connectivity index (χ1) is 7.08. The number of nitrogens with one attached hydrogen (secondary N) is 2. The first-order valence-corrected chi connectivity index (χ1v) is 5.06. The van der Waals surface area contributed by atoms with E-state index in [1.807, 2.05) is 4.98 Å². The standard InChI is InChI=1S/C8H6N2O4S/c11-7-5-3-4(15(13)14)1-2-6(5)9-8(12)10-7/h1-3H,(H,13,14)(H2,9,10,11,12). The molecule has 15 heavy (non-hydrogen) atoms. The molecule has 3 N–H and O–H groups in total. The predicted octanol–water partition coefficient (Wildman–Crippen LogP) is -0.203. The van der Waals surface area contributed by atoms with Crippen molar-refractivity contribution >= 4 is 22.0 Å². The Bertz CT molecular complexity index is 657. The lowest BCUT2D eigenvalue weighted by Crippen LogP contribution is -2.21. The molecule has 0 radical (unpaired) electrons. The second kappa shape index (κ2) is 3.44. The molecule has 0 aliphatic rings. The summed E-state index contributed by atoms with van der Waals surface area (Å²) in [5.41, 5.74) is -0.857. The first-order valence-electron chi connectivity index (χ1n) is 3.95. The smallest absolute Gasteiger partial charge is 0.307 e. The second-order valence-corrected chi connectivity index (χ2v) is 3.83. The fourth-order valence-electron chi connectivity index (χ4n) is 1.25. The largest absolute Gasteiger partial charge is 0.326 e. The van der Waals surface area contributed by atoms with Crippen LogP contribution >= 0.6 is 0 Å². The second-order valence-electron chi connectivity index (χ2n) is 2.86. The average molecular weight is 226 g/mol. The summed E-state index contributed by atoms with van der Waals surface area (Å²) in [5, 5.41) is 0.175. The fraction of sp³-hybridized carbons (Fsp3) is 0. The van der Waals surface area contributed by atoms with Crippen LogP contribution in [0.15, 0.2) is 32.7 Å². The molecule has 78 valence electrons. The minimum atomic E-state index is -2.14. The van der Waals surface area contributed by atoms with Crippen molar-refractivity contribution in [1.29, 1.82) is 0 Å². The maximum Gasteiger partial charge on any atom is 0.326 e. The number of hydrogen-bond acceptors (Lipinski definition) is 3. The summed E-state index contributed by atoms with van der Waals surface area (Å²) in [6.07, 6.45) is 0. The van der Waals surface area contributed by atoms with E-state index in [0.717, 1.165) is 0 Å². The average Bonchev–Trinajstić information content (AvgIpc) is 2.16. The molecule has 0 aliphatic carbocycles. The maximum atomic E-state index is 11.3. The Morgan fingerprint density at radius 2 is 1.93 bits per heavy atom. The minimum Gasteiger partial charge on any atom is -0.307 e. The molecule has 1 heterocycles. The van der Waals surface area contributed by atoms with E-state index in [-0.39, 0.29) is 10.3 Å². The molecule has 6 nitrogen and oxygen atoms in total. The van der Waals surface area contributed by atoms with Crippen LogP contribution in [0.5, 0.6) is 0 Å². The molecule has 1 atom stereocenters. The molecule has 0 saturated heterocycles. The van der Waals surface area contributed by atoms with Crippen LogP contribution in [0.1, 0.15) is 0 Å². The third kappa shape index (κ3) is 1.74. The highest BCUT2D eigenvalue weighted by molar-refractivity contribution is 7.79. The summed E-state index contributed by atoms with van der Waals surface area (Å²) in [5.74, 6) is 0. The van der Waals surface area contributed by atoms with E-state index in [9.17, 15) is 13.8 Å². The monoisotopic (exact) mass is 226 g/mol. The van der Waals surface area contributed by atoms with Gasteiger partial charge in [0, 0.05) is 0 Å². The van der Waals surface area contributed by atoms with Gasteiger partial charge in [-0.05, 0) is 18.2 Å². The molecule has 0 aliphatic heterocycles. The van der Waals surface area contributed by atoms with Crippen molar-refractivity contribution in [3.05, 3.63) is 39.0 Å². The van der Waals surface area contributed by atoms with Crippen molar-refractivity contribution in [3.63, 3.8) is 0 Å². The molecule has 0 spiro atoms. The van der Waals surface area contributed by atoms with Gasteiger partial charge in [-0.25, -0.2) is 9.00 Å². The zero-order valence-corrected chi connectivity index (χ0v) is 8.13. The molecule has 1 unspecified atom stereocenters. The SMILES string of the molecule is O=c1[nH]c(=O)c2cc(S(=O)O)ccc2[nH]1. The van der Waals surface area contributed by atoms with Crippen LogP contribution in [0.4, 0.5) is 0 Å². The molecule has 1 aromatic carbocycles. The Morgan fingerprint density at radius 3 is 2.60 bits per heavy atom. The Morgan fingerprint density at radius 1 is 1.20 bits per heavy atom. The third-order valence-electron chi connectivity index (χ3n) is 1.91. The molecule has 2 aromatic rings. The van der Waals surface area contributed by atoms with Crippen LogP contribution < -0.4 is 11.2 Å². The van der Waals surface area contributed by atoms with Gasteiger partial charge in [0.2, 0.25) is 0 Å². The Balaban J connectivity index is 2.89. The van der Waals surface area contributed by atoms with Crippen molar-refractivity contribution in [3.8, 4) is 0 Å². The summed E-state index contributed by atoms with van der Waals surface area (Å²) < 4.78 is 19.6. The predicted molar refractivity (Wildman–Crippen MR) is 54.2 cm³/mol. The molecule has 0 bridgehead atoms. The lowest BCUT2D eigenvalue weighted by Gasteiger charge is -1.98. The van der Waals surface area contributed by atoms with Gasteiger partial charge in [-0.2, -0.15) is 0 Å². The van der Waals surface area contributed by atoms with Crippen LogP contribution in [0, 0.1) is 0 Å². The number of aromatic nitrogens is 2. The number of hydrogen-bond donors (Lipinski definition) is 3. The fourth-order valence-corrected chi connectivity index (χ4v) is 1.66. The van der Waals surface area contributed by atoms with Gasteiger partial charge >= 0.3 is 5.69 Å². The van der Waals surface area contributed by atoms with E-state index in [4.69, 9.17) is 4.55 Å². The number of rotatable bonds is 1. The van der Waals surface area contributed by atoms with Gasteiger partial charge in [0.15, 0.2) is 11.1 Å². The molecule has 1 aromatic heterocycles. The van der Waals surface area contributed by atoms with Crippen LogP contribution in [0.25, 0.3) is 10.9 Å². The molecule has 7 heteroatoms. The Hall–Kier alpha value is -1.73. The lowest BCUT2D eigenvalue weighted by atomic mass is 10.2. The van der Waals surface area contributed by atoms with Crippen LogP contribution in [0.2, 0.25) is 0 Å². The van der Waals surface area contributed by atoms with Gasteiger partial charge in [0.1, 0.15) is 0 Å². The zero-order valence-electron chi connectivity index (χ0n) is 7.31. The summed E-state index contributed by atoms with van der Waals surface area (Å²) in [7, 11) is 0. The van der Waals surface area contributed by atoms with Gasteiger partial charge in [0.05, 0.1) is 15.8 Å². The van der Waals surface area contributed by atoms with E-state index >= 15 is 0 Å². The van der Waals surface area contributed by atoms with Gasteiger partial charge in [-0.15, -0.1) is 0 Å². The summed E-state index contributed by atoms with van der Waals surface area (Å²) in [4.78, 5) is 26.8. The first kappa shape index (κ1) is 9.81. The van der Waals surface area contributed by atoms with Crippen LogP contribution in [-0.4, -0.2) is 18.7 Å². The number of H-pyrrole nitrogens is 2. The Labute approximate surface area is 85.3 Å². The van der Waals surface area contributed by atoms with Crippen molar-refractivity contribution in [2.24, 2.45) is 0 Å². The lowest BCUT2D eigenvalue weighted by molar-refractivity contribution is 0.564. The van der Waals surface area contributed by atoms with Gasteiger partial charge < -0.3 is 9.54 Å². The maximum absolute atomic E-state index is 11.3. The van der Waals surface area contributed by atoms with E-state index in [1.165, 1.54) is 18.2 Å². The number of fused-ring (bicyclic) bond motifs is 1. The molecule has 0 fully saturated rings. The molecular formula is C8H6N2O4S. The van der Waals surface area contributed by atoms with Crippen molar-refractivity contribution in [2.75, 3.05) is 0 Å². The third-order valence-corrected chi connectivity index (χ3v) is 2.57. The van der Waals surface area contributed by atoms with Crippen molar-refractivity contribution < 1.29 is 8.76 Å². The highest BCUT2D eigenvalue weighted by Gasteiger charge is 2.04. The van der Waals surface area contributed by atoms with Gasteiger partial charge in [-0.3, -0.25) is 9.78 Å². The Kier molecular flexibility index (Phi) is 2.25. The van der Waals surface area contributed by atoms with E-state index in [0.29, 0.717) is 5.52 Å². The molecule has 0 saturated carbocycles. The van der Waals surface area contributed by atoms with Gasteiger partial charge in [-0.1, -0.05) is 0 Å². The summed E-state index contributed by atoms with van der Waals surface area (Å²) >= 11 is -2.14. The highest BCUT2D eigenvalue weighted by Crippen LogP contribution is 2.10. The number of aromatic amines is 2. The van der Waals surface area contributed by atoms with E-state index < -0.39 is 22.3 Å². The summed E-state index contributed by atoms with van der Waals surface area (Å²) in [6, 6.07) is 4.05. The molecular weight excluding hydrogens is 220 g/mol. The van der Waals surface area contributed by atoms with Crippen molar-refractivity contribution in [2.45, 2.75) is 4.90 Å².